The summed E-state index contributed by atoms with van der Waals surface area (Å²) in [6.45, 7) is 6.89. The van der Waals surface area contributed by atoms with Crippen molar-refractivity contribution in [1.82, 2.24) is 4.90 Å². The minimum Gasteiger partial charge on any atom is -0.398 e. The van der Waals surface area contributed by atoms with E-state index >= 15 is 0 Å². The predicted molar refractivity (Wildman–Crippen MR) is 72.2 cm³/mol. The summed E-state index contributed by atoms with van der Waals surface area (Å²) in [5, 5.41) is 0. The molecule has 0 aliphatic carbocycles. The van der Waals surface area contributed by atoms with E-state index < -0.39 is 0 Å². The van der Waals surface area contributed by atoms with E-state index in [1.807, 2.05) is 6.07 Å². The van der Waals surface area contributed by atoms with Crippen molar-refractivity contribution in [3.05, 3.63) is 28.2 Å². The van der Waals surface area contributed by atoms with Crippen molar-refractivity contribution in [3.63, 3.8) is 0 Å². The van der Waals surface area contributed by atoms with Gasteiger partial charge in [-0.05, 0) is 52.9 Å². The molecule has 1 saturated heterocycles. The van der Waals surface area contributed by atoms with Crippen LogP contribution >= 0.6 is 15.9 Å². The van der Waals surface area contributed by atoms with Gasteiger partial charge in [0.2, 0.25) is 0 Å². The number of likely N-dealkylation sites (tertiary alicyclic amines) is 1. The maximum Gasteiger partial charge on any atom is 0.0458 e. The smallest absolute Gasteiger partial charge is 0.0458 e. The lowest BCUT2D eigenvalue weighted by molar-refractivity contribution is 0.256. The number of benzene rings is 1. The van der Waals surface area contributed by atoms with E-state index in [-0.39, 0.29) is 0 Å². The summed E-state index contributed by atoms with van der Waals surface area (Å²) < 4.78 is 1.00. The average Bonchev–Trinajstić information content (AvgIpc) is 2.51. The summed E-state index contributed by atoms with van der Waals surface area (Å²) in [4.78, 5) is 2.54. The van der Waals surface area contributed by atoms with Crippen LogP contribution in [0.25, 0.3) is 0 Å². The quantitative estimate of drug-likeness (QED) is 0.844. The minimum absolute atomic E-state index is 0.700. The fraction of sp³-hybridized carbons (Fsp3) is 0.538. The highest BCUT2D eigenvalue weighted by atomic mass is 79.9. The Morgan fingerprint density at radius 2 is 2.19 bits per heavy atom. The molecule has 1 aliphatic heterocycles. The fourth-order valence-corrected chi connectivity index (χ4v) is 2.94. The summed E-state index contributed by atoms with van der Waals surface area (Å²) in [6.07, 6.45) is 1.32. The molecule has 0 bridgehead atoms. The number of hydrogen-bond donors (Lipinski definition) is 1. The molecular weight excluding hydrogens is 264 g/mol. The zero-order valence-electron chi connectivity index (χ0n) is 9.91. The van der Waals surface area contributed by atoms with Crippen molar-refractivity contribution >= 4 is 21.6 Å². The van der Waals surface area contributed by atoms with E-state index in [1.54, 1.807) is 0 Å². The summed E-state index contributed by atoms with van der Waals surface area (Å²) in [6, 6.07) is 6.93. The van der Waals surface area contributed by atoms with Crippen molar-refractivity contribution in [3.8, 4) is 0 Å². The number of hydrogen-bond acceptors (Lipinski definition) is 2. The van der Waals surface area contributed by atoms with Crippen LogP contribution in [0.1, 0.15) is 25.8 Å². The summed E-state index contributed by atoms with van der Waals surface area (Å²) in [5.41, 5.74) is 7.93. The monoisotopic (exact) mass is 282 g/mol. The van der Waals surface area contributed by atoms with Gasteiger partial charge in [-0.2, -0.15) is 0 Å². The largest absolute Gasteiger partial charge is 0.398 e. The van der Waals surface area contributed by atoms with Crippen LogP contribution in [-0.2, 0) is 6.54 Å². The van der Waals surface area contributed by atoms with Crippen LogP contribution in [0.4, 0.5) is 5.69 Å². The molecule has 1 aromatic rings. The highest BCUT2D eigenvalue weighted by Crippen LogP contribution is 2.26. The molecule has 3 heteroatoms. The van der Waals surface area contributed by atoms with Gasteiger partial charge in [0.1, 0.15) is 0 Å². The zero-order valence-corrected chi connectivity index (χ0v) is 11.5. The molecule has 0 saturated carbocycles. The lowest BCUT2D eigenvalue weighted by Gasteiger charge is -2.21. The second-order valence-corrected chi connectivity index (χ2v) is 5.83. The van der Waals surface area contributed by atoms with Gasteiger partial charge in [0.15, 0.2) is 0 Å². The third-order valence-electron chi connectivity index (χ3n) is 3.36. The van der Waals surface area contributed by atoms with E-state index in [0.717, 1.165) is 22.6 Å². The van der Waals surface area contributed by atoms with Gasteiger partial charge >= 0.3 is 0 Å². The molecule has 0 amide bonds. The predicted octanol–water partition coefficient (Wildman–Crippen LogP) is 3.26. The molecule has 2 unspecified atom stereocenters. The molecule has 1 fully saturated rings. The maximum absolute atomic E-state index is 5.79. The highest BCUT2D eigenvalue weighted by Gasteiger charge is 2.25. The number of nitrogens with two attached hydrogens (primary N) is 1. The van der Waals surface area contributed by atoms with Gasteiger partial charge in [-0.3, -0.25) is 4.90 Å². The van der Waals surface area contributed by atoms with Gasteiger partial charge in [-0.25, -0.2) is 0 Å². The second kappa shape index (κ2) is 4.76. The highest BCUT2D eigenvalue weighted by molar-refractivity contribution is 9.10. The molecule has 2 N–H and O–H groups in total. The lowest BCUT2D eigenvalue weighted by Crippen LogP contribution is -2.26. The third kappa shape index (κ3) is 2.58. The normalized spacial score (nSPS) is 26.2. The first-order chi connectivity index (χ1) is 7.56. The Morgan fingerprint density at radius 1 is 1.44 bits per heavy atom. The summed E-state index contributed by atoms with van der Waals surface area (Å²) >= 11 is 3.48. The van der Waals surface area contributed by atoms with E-state index in [9.17, 15) is 0 Å². The Bertz CT molecular complexity index is 378. The first kappa shape index (κ1) is 11.9. The second-order valence-electron chi connectivity index (χ2n) is 4.98. The average molecular weight is 283 g/mol. The molecule has 88 valence electrons. The molecule has 0 radical (unpaired) electrons. The van der Waals surface area contributed by atoms with Gasteiger partial charge < -0.3 is 5.73 Å². The van der Waals surface area contributed by atoms with Crippen LogP contribution in [0.3, 0.4) is 0 Å². The maximum atomic E-state index is 5.79. The van der Waals surface area contributed by atoms with Crippen molar-refractivity contribution in [2.75, 3.05) is 12.3 Å². The lowest BCUT2D eigenvalue weighted by atomic mass is 10.1. The van der Waals surface area contributed by atoms with Crippen molar-refractivity contribution in [2.45, 2.75) is 32.9 Å². The molecule has 1 heterocycles. The third-order valence-corrected chi connectivity index (χ3v) is 4.05. The van der Waals surface area contributed by atoms with Crippen LogP contribution in [0.15, 0.2) is 22.7 Å². The van der Waals surface area contributed by atoms with E-state index in [1.165, 1.54) is 18.5 Å². The summed E-state index contributed by atoms with van der Waals surface area (Å²) in [5.74, 6) is 0.826. The van der Waals surface area contributed by atoms with Gasteiger partial charge in [-0.15, -0.1) is 0 Å². The molecule has 2 rings (SSSR count). The Morgan fingerprint density at radius 3 is 2.75 bits per heavy atom. The van der Waals surface area contributed by atoms with Gasteiger partial charge in [0, 0.05) is 29.3 Å². The van der Waals surface area contributed by atoms with Crippen molar-refractivity contribution < 1.29 is 0 Å². The zero-order chi connectivity index (χ0) is 11.7. The molecular formula is C13H19BrN2. The fourth-order valence-electron chi connectivity index (χ4n) is 2.51. The standard InChI is InChI=1S/C13H19BrN2/c1-9-5-10(2)16(7-9)8-11-3-4-13(15)12(14)6-11/h3-4,6,9-10H,5,7-8,15H2,1-2H3. The molecule has 0 spiro atoms. The number of nitrogens with zero attached hydrogens (tertiary/aromatic N) is 1. The van der Waals surface area contributed by atoms with Crippen LogP contribution in [0.2, 0.25) is 0 Å². The van der Waals surface area contributed by atoms with Crippen LogP contribution in [0.5, 0.6) is 0 Å². The van der Waals surface area contributed by atoms with Crippen molar-refractivity contribution in [2.24, 2.45) is 5.92 Å². The van der Waals surface area contributed by atoms with Gasteiger partial charge in [0.05, 0.1) is 0 Å². The Hall–Kier alpha value is -0.540. The van der Waals surface area contributed by atoms with Crippen LogP contribution < -0.4 is 5.73 Å². The van der Waals surface area contributed by atoms with Gasteiger partial charge in [0.25, 0.3) is 0 Å². The minimum atomic E-state index is 0.700. The number of nitrogen functional groups attached to an aromatic ring is 1. The number of rotatable bonds is 2. The van der Waals surface area contributed by atoms with E-state index in [0.29, 0.717) is 6.04 Å². The Balaban J connectivity index is 2.06. The Labute approximate surface area is 106 Å². The van der Waals surface area contributed by atoms with E-state index in [2.05, 4.69) is 46.8 Å². The first-order valence-electron chi connectivity index (χ1n) is 5.84. The topological polar surface area (TPSA) is 29.3 Å². The van der Waals surface area contributed by atoms with Crippen molar-refractivity contribution in [1.29, 1.82) is 0 Å². The summed E-state index contributed by atoms with van der Waals surface area (Å²) in [7, 11) is 0. The molecule has 2 nitrogen and oxygen atoms in total. The van der Waals surface area contributed by atoms with Crippen LogP contribution in [-0.4, -0.2) is 17.5 Å². The molecule has 0 aromatic heterocycles. The van der Waals surface area contributed by atoms with Crippen LogP contribution in [0, 0.1) is 5.92 Å². The number of anilines is 1. The first-order valence-corrected chi connectivity index (χ1v) is 6.63. The molecule has 1 aliphatic rings. The SMILES string of the molecule is CC1CC(C)N(Cc2ccc(N)c(Br)c2)C1. The van der Waals surface area contributed by atoms with Gasteiger partial charge in [-0.1, -0.05) is 13.0 Å². The molecule has 1 aromatic carbocycles. The molecule has 16 heavy (non-hydrogen) atoms. The number of halogens is 1. The van der Waals surface area contributed by atoms with E-state index in [4.69, 9.17) is 5.73 Å². The Kier molecular flexibility index (Phi) is 3.55. The molecule has 2 atom stereocenters.